The molecule has 1 unspecified atom stereocenters. The third-order valence-corrected chi connectivity index (χ3v) is 6.45. The molecule has 0 radical (unpaired) electrons. The molecule has 2 aromatic rings. The number of hydrogen-bond acceptors (Lipinski definition) is 4. The fourth-order valence-corrected chi connectivity index (χ4v) is 4.39. The van der Waals surface area contributed by atoms with Crippen LogP contribution < -0.4 is 5.32 Å². The molecule has 1 aromatic heterocycles. The Morgan fingerprint density at radius 1 is 1.27 bits per heavy atom. The van der Waals surface area contributed by atoms with Gasteiger partial charge < -0.3 is 5.32 Å². The molecular formula is C21H29N3OS. The summed E-state index contributed by atoms with van der Waals surface area (Å²) in [7, 11) is 0. The number of benzene rings is 1. The molecule has 1 amide bonds. The topological polar surface area (TPSA) is 45.2 Å². The molecule has 1 atom stereocenters. The van der Waals surface area contributed by atoms with E-state index < -0.39 is 0 Å². The maximum atomic E-state index is 12.4. The van der Waals surface area contributed by atoms with Gasteiger partial charge in [-0.1, -0.05) is 37.6 Å². The Labute approximate surface area is 160 Å². The first-order valence-electron chi connectivity index (χ1n) is 9.63. The maximum absolute atomic E-state index is 12.4. The molecule has 1 fully saturated rings. The van der Waals surface area contributed by atoms with Crippen molar-refractivity contribution in [3.63, 3.8) is 0 Å². The summed E-state index contributed by atoms with van der Waals surface area (Å²) < 4.78 is 0. The van der Waals surface area contributed by atoms with E-state index in [2.05, 4.69) is 53.3 Å². The van der Waals surface area contributed by atoms with Crippen molar-refractivity contribution in [3.05, 3.63) is 51.0 Å². The molecule has 2 heterocycles. The quantitative estimate of drug-likeness (QED) is 0.822. The molecule has 1 aliphatic rings. The van der Waals surface area contributed by atoms with Crippen LogP contribution in [0.15, 0.2) is 24.3 Å². The smallest absolute Gasteiger partial charge is 0.263 e. The number of rotatable bonds is 6. The Balaban J connectivity index is 1.54. The van der Waals surface area contributed by atoms with E-state index in [-0.39, 0.29) is 5.91 Å². The largest absolute Gasteiger partial charge is 0.347 e. The van der Waals surface area contributed by atoms with Gasteiger partial charge in [0.25, 0.3) is 5.91 Å². The van der Waals surface area contributed by atoms with Gasteiger partial charge in [-0.2, -0.15) is 0 Å². The van der Waals surface area contributed by atoms with Crippen molar-refractivity contribution < 1.29 is 4.79 Å². The van der Waals surface area contributed by atoms with Crippen LogP contribution in [0.1, 0.15) is 64.6 Å². The molecule has 1 aromatic carbocycles. The van der Waals surface area contributed by atoms with Gasteiger partial charge in [0.1, 0.15) is 4.88 Å². The van der Waals surface area contributed by atoms with E-state index in [1.54, 1.807) is 0 Å². The first-order valence-corrected chi connectivity index (χ1v) is 10.4. The lowest BCUT2D eigenvalue weighted by Gasteiger charge is -2.33. The zero-order chi connectivity index (χ0) is 18.5. The Morgan fingerprint density at radius 2 is 2.00 bits per heavy atom. The van der Waals surface area contributed by atoms with Crippen LogP contribution in [0.25, 0.3) is 0 Å². The van der Waals surface area contributed by atoms with E-state index in [1.165, 1.54) is 42.7 Å². The number of aromatic nitrogens is 1. The van der Waals surface area contributed by atoms with Crippen LogP contribution in [0.4, 0.5) is 0 Å². The van der Waals surface area contributed by atoms with Crippen LogP contribution in [-0.4, -0.2) is 28.4 Å². The highest BCUT2D eigenvalue weighted by atomic mass is 32.1. The van der Waals surface area contributed by atoms with Crippen LogP contribution >= 0.6 is 11.3 Å². The monoisotopic (exact) mass is 371 g/mol. The van der Waals surface area contributed by atoms with E-state index in [1.807, 2.05) is 6.92 Å². The van der Waals surface area contributed by atoms with Crippen LogP contribution in [-0.2, 0) is 19.5 Å². The second-order valence-electron chi connectivity index (χ2n) is 7.19. The predicted molar refractivity (Wildman–Crippen MR) is 108 cm³/mol. The molecule has 26 heavy (non-hydrogen) atoms. The van der Waals surface area contributed by atoms with Crippen LogP contribution in [0, 0.1) is 6.92 Å². The van der Waals surface area contributed by atoms with E-state index >= 15 is 0 Å². The second kappa shape index (κ2) is 8.78. The summed E-state index contributed by atoms with van der Waals surface area (Å²) in [5.41, 5.74) is 3.31. The molecule has 4 nitrogen and oxygen atoms in total. The summed E-state index contributed by atoms with van der Waals surface area (Å²) in [6, 6.07) is 9.31. The van der Waals surface area contributed by atoms with Crippen molar-refractivity contribution >= 4 is 17.2 Å². The number of aryl methyl sites for hydroxylation is 2. The molecular weight excluding hydrogens is 342 g/mol. The number of carbonyl (C=O) groups excluding carboxylic acids is 1. The lowest BCUT2D eigenvalue weighted by molar-refractivity contribution is 0.0954. The SMILES string of the molecule is CCc1nc(C)c(C(=O)NCc2ccc(CN3CCCCC3C)cc2)s1. The molecule has 1 aliphatic heterocycles. The highest BCUT2D eigenvalue weighted by Gasteiger charge is 2.18. The molecule has 0 aliphatic carbocycles. The number of thiazole rings is 1. The minimum atomic E-state index is -0.0223. The van der Waals surface area contributed by atoms with Crippen molar-refractivity contribution in [3.8, 4) is 0 Å². The lowest BCUT2D eigenvalue weighted by atomic mass is 10.0. The number of carbonyl (C=O) groups is 1. The summed E-state index contributed by atoms with van der Waals surface area (Å²) in [4.78, 5) is 20.1. The van der Waals surface area contributed by atoms with Crippen molar-refractivity contribution in [1.82, 2.24) is 15.2 Å². The summed E-state index contributed by atoms with van der Waals surface area (Å²) in [6.45, 7) is 9.07. The number of hydrogen-bond donors (Lipinski definition) is 1. The highest BCUT2D eigenvalue weighted by molar-refractivity contribution is 7.13. The zero-order valence-electron chi connectivity index (χ0n) is 16.0. The summed E-state index contributed by atoms with van der Waals surface area (Å²) in [5, 5.41) is 4.04. The van der Waals surface area contributed by atoms with Gasteiger partial charge in [0.15, 0.2) is 0 Å². The van der Waals surface area contributed by atoms with Gasteiger partial charge in [-0.05, 0) is 50.8 Å². The first-order chi connectivity index (χ1) is 12.6. The fraction of sp³-hybridized carbons (Fsp3) is 0.524. The number of amides is 1. The van der Waals surface area contributed by atoms with E-state index in [9.17, 15) is 4.79 Å². The predicted octanol–water partition coefficient (Wildman–Crippen LogP) is 4.32. The number of nitrogens with one attached hydrogen (secondary N) is 1. The molecule has 5 heteroatoms. The average molecular weight is 372 g/mol. The van der Waals surface area contributed by atoms with Crippen molar-refractivity contribution in [1.29, 1.82) is 0 Å². The lowest BCUT2D eigenvalue weighted by Crippen LogP contribution is -2.36. The zero-order valence-corrected chi connectivity index (χ0v) is 16.9. The minimum absolute atomic E-state index is 0.0223. The number of piperidine rings is 1. The molecule has 0 bridgehead atoms. The van der Waals surface area contributed by atoms with E-state index in [0.717, 1.165) is 34.1 Å². The second-order valence-corrected chi connectivity index (χ2v) is 8.27. The summed E-state index contributed by atoms with van der Waals surface area (Å²) in [6.07, 6.45) is 4.84. The van der Waals surface area contributed by atoms with E-state index in [0.29, 0.717) is 12.6 Å². The Bertz CT molecular complexity index is 738. The van der Waals surface area contributed by atoms with Crippen molar-refractivity contribution in [2.24, 2.45) is 0 Å². The number of likely N-dealkylation sites (tertiary alicyclic amines) is 1. The first kappa shape index (κ1) is 19.1. The van der Waals surface area contributed by atoms with Gasteiger partial charge in [0, 0.05) is 19.1 Å². The third kappa shape index (κ3) is 4.71. The highest BCUT2D eigenvalue weighted by Crippen LogP contribution is 2.20. The molecule has 140 valence electrons. The van der Waals surface area contributed by atoms with Crippen molar-refractivity contribution in [2.75, 3.05) is 6.54 Å². The molecule has 0 saturated carbocycles. The summed E-state index contributed by atoms with van der Waals surface area (Å²) >= 11 is 1.50. The minimum Gasteiger partial charge on any atom is -0.347 e. The Morgan fingerprint density at radius 3 is 2.65 bits per heavy atom. The third-order valence-electron chi connectivity index (χ3n) is 5.15. The van der Waals surface area contributed by atoms with Gasteiger partial charge in [-0.25, -0.2) is 4.98 Å². The normalized spacial score (nSPS) is 18.0. The van der Waals surface area contributed by atoms with Crippen LogP contribution in [0.5, 0.6) is 0 Å². The Kier molecular flexibility index (Phi) is 6.43. The van der Waals surface area contributed by atoms with Crippen LogP contribution in [0.2, 0.25) is 0 Å². The fourth-order valence-electron chi connectivity index (χ4n) is 3.47. The Hall–Kier alpha value is -1.72. The van der Waals surface area contributed by atoms with Gasteiger partial charge in [-0.15, -0.1) is 11.3 Å². The van der Waals surface area contributed by atoms with E-state index in [4.69, 9.17) is 0 Å². The van der Waals surface area contributed by atoms with Gasteiger partial charge in [-0.3, -0.25) is 9.69 Å². The van der Waals surface area contributed by atoms with Gasteiger partial charge in [0.05, 0.1) is 10.7 Å². The molecule has 1 N–H and O–H groups in total. The van der Waals surface area contributed by atoms with Crippen LogP contribution in [0.3, 0.4) is 0 Å². The molecule has 0 spiro atoms. The standard InChI is InChI=1S/C21H29N3OS/c1-4-19-23-16(3)20(26-19)21(25)22-13-17-8-10-18(11-9-17)14-24-12-6-5-7-15(24)2/h8-11,15H,4-7,12-14H2,1-3H3,(H,22,25). The molecule has 1 saturated heterocycles. The summed E-state index contributed by atoms with van der Waals surface area (Å²) in [5.74, 6) is -0.0223. The number of nitrogens with zero attached hydrogens (tertiary/aromatic N) is 2. The van der Waals surface area contributed by atoms with Gasteiger partial charge in [0.2, 0.25) is 0 Å². The maximum Gasteiger partial charge on any atom is 0.263 e. The van der Waals surface area contributed by atoms with Crippen molar-refractivity contribution in [2.45, 2.75) is 65.6 Å². The average Bonchev–Trinajstić information content (AvgIpc) is 3.04. The van der Waals surface area contributed by atoms with Gasteiger partial charge >= 0.3 is 0 Å². The molecule has 3 rings (SSSR count).